The van der Waals surface area contributed by atoms with E-state index >= 15 is 0 Å². The Morgan fingerprint density at radius 3 is 2.58 bits per heavy atom. The van der Waals surface area contributed by atoms with Crippen molar-refractivity contribution in [3.8, 4) is 0 Å². The number of carbonyl (C=O) groups excluding carboxylic acids is 1. The molecular weight excluding hydrogens is 312 g/mol. The molecule has 2 atom stereocenters. The van der Waals surface area contributed by atoms with Crippen molar-refractivity contribution in [3.63, 3.8) is 0 Å². The molecule has 0 heterocycles. The van der Waals surface area contributed by atoms with Crippen LogP contribution in [0, 0.1) is 0 Å². The lowest BCUT2D eigenvalue weighted by molar-refractivity contribution is -0.169. The van der Waals surface area contributed by atoms with Gasteiger partial charge >= 0.3 is 0 Å². The smallest absolute Gasteiger partial charge is 0.166 e. The van der Waals surface area contributed by atoms with Crippen molar-refractivity contribution in [1.29, 1.82) is 0 Å². The summed E-state index contributed by atoms with van der Waals surface area (Å²) in [5, 5.41) is 0. The summed E-state index contributed by atoms with van der Waals surface area (Å²) in [6.45, 7) is 1.41. The summed E-state index contributed by atoms with van der Waals surface area (Å²) in [7, 11) is 1.60. The van der Waals surface area contributed by atoms with E-state index in [1.54, 1.807) is 7.11 Å². The Bertz CT molecular complexity index is 418. The molecule has 0 spiro atoms. The van der Waals surface area contributed by atoms with Crippen molar-refractivity contribution in [2.24, 2.45) is 0 Å². The Labute approximate surface area is 121 Å². The number of hydrogen-bond acceptors (Lipinski definition) is 4. The van der Waals surface area contributed by atoms with Gasteiger partial charge in [-0.1, -0.05) is 28.1 Å². The SMILES string of the molecule is COCCOC1C(=O)CC1OCc1ccc(Br)cc1. The highest BCUT2D eigenvalue weighted by Crippen LogP contribution is 2.24. The molecule has 104 valence electrons. The number of carbonyl (C=O) groups is 1. The zero-order chi connectivity index (χ0) is 13.7. The highest BCUT2D eigenvalue weighted by atomic mass is 79.9. The molecule has 1 aromatic carbocycles. The van der Waals surface area contributed by atoms with Gasteiger partial charge in [-0.3, -0.25) is 4.79 Å². The predicted molar refractivity (Wildman–Crippen MR) is 74.0 cm³/mol. The second kappa shape index (κ2) is 7.14. The van der Waals surface area contributed by atoms with Crippen LogP contribution in [-0.4, -0.2) is 38.3 Å². The second-order valence-corrected chi connectivity index (χ2v) is 5.35. The van der Waals surface area contributed by atoms with Gasteiger partial charge in [-0.15, -0.1) is 0 Å². The summed E-state index contributed by atoms with van der Waals surface area (Å²) in [5.74, 6) is 0.108. The molecule has 1 saturated carbocycles. The minimum Gasteiger partial charge on any atom is -0.382 e. The fraction of sp³-hybridized carbons (Fsp3) is 0.500. The van der Waals surface area contributed by atoms with Crippen molar-refractivity contribution in [3.05, 3.63) is 34.3 Å². The lowest BCUT2D eigenvalue weighted by Gasteiger charge is -2.34. The lowest BCUT2D eigenvalue weighted by Crippen LogP contribution is -2.50. The first-order valence-electron chi connectivity index (χ1n) is 6.20. The van der Waals surface area contributed by atoms with Crippen LogP contribution in [0.4, 0.5) is 0 Å². The summed E-state index contributed by atoms with van der Waals surface area (Å²) in [6.07, 6.45) is -0.118. The minimum absolute atomic E-state index is 0.108. The molecule has 4 nitrogen and oxygen atoms in total. The highest BCUT2D eigenvalue weighted by molar-refractivity contribution is 9.10. The van der Waals surface area contributed by atoms with Crippen LogP contribution in [0.25, 0.3) is 0 Å². The van der Waals surface area contributed by atoms with Crippen LogP contribution in [-0.2, 0) is 25.6 Å². The number of rotatable bonds is 7. The number of ketones is 1. The Morgan fingerprint density at radius 1 is 1.21 bits per heavy atom. The molecule has 2 unspecified atom stereocenters. The van der Waals surface area contributed by atoms with Gasteiger partial charge in [0.1, 0.15) is 6.10 Å². The van der Waals surface area contributed by atoms with Crippen LogP contribution in [0.15, 0.2) is 28.7 Å². The van der Waals surface area contributed by atoms with Gasteiger partial charge in [0.05, 0.1) is 25.9 Å². The van der Waals surface area contributed by atoms with Crippen molar-refractivity contribution >= 4 is 21.7 Å². The van der Waals surface area contributed by atoms with E-state index in [4.69, 9.17) is 14.2 Å². The van der Waals surface area contributed by atoms with E-state index in [0.717, 1.165) is 10.0 Å². The highest BCUT2D eigenvalue weighted by Gasteiger charge is 2.41. The van der Waals surface area contributed by atoms with Crippen LogP contribution in [0.1, 0.15) is 12.0 Å². The Kier molecular flexibility index (Phi) is 5.51. The molecule has 0 amide bonds. The molecule has 19 heavy (non-hydrogen) atoms. The van der Waals surface area contributed by atoms with Crippen LogP contribution in [0.5, 0.6) is 0 Å². The van der Waals surface area contributed by atoms with Crippen LogP contribution >= 0.6 is 15.9 Å². The number of benzene rings is 1. The third kappa shape index (κ3) is 4.11. The molecule has 0 saturated heterocycles. The molecule has 1 aliphatic rings. The third-order valence-corrected chi connectivity index (χ3v) is 3.55. The number of halogens is 1. The fourth-order valence-electron chi connectivity index (χ4n) is 1.86. The quantitative estimate of drug-likeness (QED) is 0.721. The summed E-state index contributed by atoms with van der Waals surface area (Å²) in [5.41, 5.74) is 1.08. The molecule has 1 aromatic rings. The Morgan fingerprint density at radius 2 is 1.95 bits per heavy atom. The molecule has 0 aliphatic heterocycles. The summed E-state index contributed by atoms with van der Waals surface area (Å²) >= 11 is 3.39. The summed E-state index contributed by atoms with van der Waals surface area (Å²) < 4.78 is 17.1. The normalized spacial score (nSPS) is 22.3. The second-order valence-electron chi connectivity index (χ2n) is 4.43. The molecule has 2 rings (SSSR count). The lowest BCUT2D eigenvalue weighted by atomic mass is 9.90. The Balaban J connectivity index is 1.76. The predicted octanol–water partition coefficient (Wildman–Crippen LogP) is 2.34. The van der Waals surface area contributed by atoms with Crippen molar-refractivity contribution in [2.75, 3.05) is 20.3 Å². The van der Waals surface area contributed by atoms with Crippen LogP contribution in [0.2, 0.25) is 0 Å². The molecule has 5 heteroatoms. The van der Waals surface area contributed by atoms with E-state index < -0.39 is 6.10 Å². The zero-order valence-corrected chi connectivity index (χ0v) is 12.4. The number of methoxy groups -OCH3 is 1. The van der Waals surface area contributed by atoms with Gasteiger partial charge in [0.15, 0.2) is 5.78 Å². The van der Waals surface area contributed by atoms with Gasteiger partial charge in [-0.2, -0.15) is 0 Å². The Hall–Kier alpha value is -0.750. The van der Waals surface area contributed by atoms with Crippen LogP contribution < -0.4 is 0 Å². The topological polar surface area (TPSA) is 44.8 Å². The molecular formula is C14H17BrO4. The monoisotopic (exact) mass is 328 g/mol. The maximum atomic E-state index is 11.4. The van der Waals surface area contributed by atoms with Gasteiger partial charge in [-0.25, -0.2) is 0 Å². The molecule has 0 bridgehead atoms. The maximum absolute atomic E-state index is 11.4. The van der Waals surface area contributed by atoms with Gasteiger partial charge in [-0.05, 0) is 17.7 Å². The van der Waals surface area contributed by atoms with Gasteiger partial charge in [0, 0.05) is 18.0 Å². The number of ether oxygens (including phenoxy) is 3. The molecule has 0 aromatic heterocycles. The number of Topliss-reactive ketones (excluding diaryl/α,β-unsaturated/α-hetero) is 1. The average molecular weight is 329 g/mol. The fourth-order valence-corrected chi connectivity index (χ4v) is 2.12. The first kappa shape index (κ1) is 14.7. The standard InChI is InChI=1S/C14H17BrO4/c1-17-6-7-18-14-12(16)8-13(14)19-9-10-2-4-11(15)5-3-10/h2-5,13-14H,6-9H2,1H3. The molecule has 0 radical (unpaired) electrons. The van der Waals surface area contributed by atoms with Gasteiger partial charge in [0.2, 0.25) is 0 Å². The molecule has 1 aliphatic carbocycles. The van der Waals surface area contributed by atoms with E-state index in [1.807, 2.05) is 24.3 Å². The van der Waals surface area contributed by atoms with E-state index in [-0.39, 0.29) is 11.9 Å². The van der Waals surface area contributed by atoms with E-state index in [1.165, 1.54) is 0 Å². The third-order valence-electron chi connectivity index (χ3n) is 3.02. The minimum atomic E-state index is -0.425. The summed E-state index contributed by atoms with van der Waals surface area (Å²) in [4.78, 5) is 11.4. The van der Waals surface area contributed by atoms with Crippen molar-refractivity contribution in [2.45, 2.75) is 25.2 Å². The molecule has 1 fully saturated rings. The largest absolute Gasteiger partial charge is 0.382 e. The average Bonchev–Trinajstić information content (AvgIpc) is 2.41. The zero-order valence-electron chi connectivity index (χ0n) is 10.8. The van der Waals surface area contributed by atoms with E-state index in [2.05, 4.69) is 15.9 Å². The number of hydrogen-bond donors (Lipinski definition) is 0. The summed E-state index contributed by atoms with van der Waals surface area (Å²) in [6, 6.07) is 7.92. The van der Waals surface area contributed by atoms with Crippen molar-refractivity contribution < 1.29 is 19.0 Å². The molecule has 0 N–H and O–H groups in total. The maximum Gasteiger partial charge on any atom is 0.166 e. The van der Waals surface area contributed by atoms with Gasteiger partial charge < -0.3 is 14.2 Å². The first-order valence-corrected chi connectivity index (χ1v) is 6.99. The first-order chi connectivity index (χ1) is 9.20. The van der Waals surface area contributed by atoms with E-state index in [9.17, 15) is 4.79 Å². The van der Waals surface area contributed by atoms with Crippen molar-refractivity contribution in [1.82, 2.24) is 0 Å². The van der Waals surface area contributed by atoms with Crippen LogP contribution in [0.3, 0.4) is 0 Å². The van der Waals surface area contributed by atoms with Gasteiger partial charge in [0.25, 0.3) is 0 Å². The van der Waals surface area contributed by atoms with E-state index in [0.29, 0.717) is 26.2 Å².